The van der Waals surface area contributed by atoms with E-state index in [1.807, 2.05) is 36.0 Å². The minimum absolute atomic E-state index is 0.0340. The number of ether oxygens (including phenoxy) is 2. The van der Waals surface area contributed by atoms with E-state index < -0.39 is 23.5 Å². The van der Waals surface area contributed by atoms with Gasteiger partial charge in [0.05, 0.1) is 18.8 Å². The van der Waals surface area contributed by atoms with Gasteiger partial charge >= 0.3 is 6.18 Å². The molecule has 0 saturated carbocycles. The van der Waals surface area contributed by atoms with Gasteiger partial charge in [0.15, 0.2) is 0 Å². The number of rotatable bonds is 12. The number of nitrogens with zero attached hydrogens (tertiary/aromatic N) is 2. The number of piperazine rings is 1. The maximum Gasteiger partial charge on any atom is 0.419 e. The molecule has 0 spiro atoms. The van der Waals surface area contributed by atoms with Crippen LogP contribution < -0.4 is 14.4 Å². The molecule has 0 bridgehead atoms. The number of hydrogen-bond donors (Lipinski definition) is 1. The molecule has 4 aromatic rings. The van der Waals surface area contributed by atoms with E-state index in [9.17, 15) is 22.7 Å². The SMILES string of the molecule is CCc1cc(N2CCN(CCCCCOc3ccc(C4c5ccc(O)cc5OCC4c4ccc(F)c(C(F)(F)F)c4)cc3)CC2)ccc1SC. The number of phenolic OH excluding ortho intramolecular Hbond substituents is 1. The lowest BCUT2D eigenvalue weighted by Crippen LogP contribution is -2.46. The maximum atomic E-state index is 14.1. The Hall–Kier alpha value is -3.89. The lowest BCUT2D eigenvalue weighted by molar-refractivity contribution is -0.140. The van der Waals surface area contributed by atoms with E-state index in [1.54, 1.807) is 6.07 Å². The smallest absolute Gasteiger partial charge is 0.419 e. The van der Waals surface area contributed by atoms with Gasteiger partial charge in [0.1, 0.15) is 23.1 Å². The van der Waals surface area contributed by atoms with Gasteiger partial charge < -0.3 is 19.5 Å². The molecule has 2 atom stereocenters. The van der Waals surface area contributed by atoms with Crippen molar-refractivity contribution in [3.63, 3.8) is 0 Å². The molecule has 50 heavy (non-hydrogen) atoms. The normalized spacial score (nSPS) is 18.1. The first kappa shape index (κ1) is 35.9. The number of thioether (sulfide) groups is 1. The van der Waals surface area contributed by atoms with Gasteiger partial charge in [0.25, 0.3) is 0 Å². The van der Waals surface area contributed by atoms with Gasteiger partial charge in [-0.2, -0.15) is 13.2 Å². The lowest BCUT2D eigenvalue weighted by Gasteiger charge is -2.36. The van der Waals surface area contributed by atoms with Crippen LogP contribution in [0.2, 0.25) is 0 Å². The van der Waals surface area contributed by atoms with E-state index >= 15 is 0 Å². The van der Waals surface area contributed by atoms with Crippen molar-refractivity contribution in [1.29, 1.82) is 0 Å². The number of anilines is 1. The molecule has 1 fully saturated rings. The molecule has 2 unspecified atom stereocenters. The summed E-state index contributed by atoms with van der Waals surface area (Å²) in [6.07, 6.45) is 1.49. The van der Waals surface area contributed by atoms with Gasteiger partial charge in [-0.15, -0.1) is 11.8 Å². The molecule has 266 valence electrons. The molecule has 2 aliphatic rings. The molecule has 2 aliphatic heterocycles. The minimum atomic E-state index is -4.82. The van der Waals surface area contributed by atoms with E-state index in [2.05, 4.69) is 41.2 Å². The highest BCUT2D eigenvalue weighted by Crippen LogP contribution is 2.48. The van der Waals surface area contributed by atoms with Gasteiger partial charge in [-0.1, -0.05) is 31.2 Å². The van der Waals surface area contributed by atoms with Crippen molar-refractivity contribution < 1.29 is 32.1 Å². The van der Waals surface area contributed by atoms with Crippen LogP contribution in [0.5, 0.6) is 17.2 Å². The van der Waals surface area contributed by atoms with Crippen molar-refractivity contribution in [3.05, 3.63) is 112 Å². The number of fused-ring (bicyclic) bond motifs is 1. The Kier molecular flexibility index (Phi) is 11.5. The molecule has 5 nitrogen and oxygen atoms in total. The van der Waals surface area contributed by atoms with Crippen LogP contribution in [0.3, 0.4) is 0 Å². The summed E-state index contributed by atoms with van der Waals surface area (Å²) in [5.41, 5.74) is 3.38. The second-order valence-corrected chi connectivity index (χ2v) is 13.9. The number of hydrogen-bond acceptors (Lipinski definition) is 6. The molecule has 0 aliphatic carbocycles. The summed E-state index contributed by atoms with van der Waals surface area (Å²) >= 11 is 1.81. The zero-order chi connectivity index (χ0) is 35.3. The number of alkyl halides is 3. The van der Waals surface area contributed by atoms with Gasteiger partial charge in [-0.3, -0.25) is 4.90 Å². The van der Waals surface area contributed by atoms with Crippen LogP contribution in [-0.4, -0.2) is 62.2 Å². The predicted octanol–water partition coefficient (Wildman–Crippen LogP) is 9.51. The third-order valence-electron chi connectivity index (χ3n) is 9.89. The van der Waals surface area contributed by atoms with Crippen LogP contribution in [-0.2, 0) is 12.6 Å². The number of phenols is 1. The molecule has 0 radical (unpaired) electrons. The average Bonchev–Trinajstić information content (AvgIpc) is 3.12. The first-order valence-corrected chi connectivity index (χ1v) is 18.6. The maximum absolute atomic E-state index is 14.1. The molecule has 0 aromatic heterocycles. The van der Waals surface area contributed by atoms with Crippen LogP contribution in [0, 0.1) is 5.82 Å². The lowest BCUT2D eigenvalue weighted by atomic mass is 9.75. The predicted molar refractivity (Wildman–Crippen MR) is 192 cm³/mol. The van der Waals surface area contributed by atoms with E-state index in [1.165, 1.54) is 34.3 Å². The Labute approximate surface area is 296 Å². The van der Waals surface area contributed by atoms with Gasteiger partial charge in [-0.25, -0.2) is 4.39 Å². The summed E-state index contributed by atoms with van der Waals surface area (Å²) in [6, 6.07) is 22.4. The van der Waals surface area contributed by atoms with Crippen LogP contribution in [0.1, 0.15) is 65.8 Å². The molecule has 6 rings (SSSR count). The van der Waals surface area contributed by atoms with Gasteiger partial charge in [0.2, 0.25) is 0 Å². The summed E-state index contributed by atoms with van der Waals surface area (Å²) in [5.74, 6) is -0.972. The Morgan fingerprint density at radius 2 is 1.64 bits per heavy atom. The number of unbranched alkanes of at least 4 members (excludes halogenated alkanes) is 2. The fraction of sp³-hybridized carbons (Fsp3) is 0.400. The zero-order valence-corrected chi connectivity index (χ0v) is 29.3. The summed E-state index contributed by atoms with van der Waals surface area (Å²) in [6.45, 7) is 8.19. The Morgan fingerprint density at radius 3 is 2.36 bits per heavy atom. The van der Waals surface area contributed by atoms with E-state index in [0.717, 1.165) is 87.4 Å². The highest BCUT2D eigenvalue weighted by atomic mass is 32.2. The van der Waals surface area contributed by atoms with Crippen LogP contribution in [0.15, 0.2) is 83.8 Å². The van der Waals surface area contributed by atoms with Crippen LogP contribution >= 0.6 is 11.8 Å². The third kappa shape index (κ3) is 8.35. The molecule has 1 saturated heterocycles. The number of aromatic hydroxyl groups is 1. The van der Waals surface area contributed by atoms with Crippen molar-refractivity contribution in [2.45, 2.75) is 55.5 Å². The quantitative estimate of drug-likeness (QED) is 0.0899. The topological polar surface area (TPSA) is 45.2 Å². The molecular weight excluding hydrogens is 665 g/mol. The van der Waals surface area contributed by atoms with E-state index in [4.69, 9.17) is 9.47 Å². The fourth-order valence-electron chi connectivity index (χ4n) is 7.13. The van der Waals surface area contributed by atoms with Crippen molar-refractivity contribution in [2.75, 3.05) is 57.1 Å². The average molecular weight is 709 g/mol. The van der Waals surface area contributed by atoms with Crippen molar-refractivity contribution in [1.82, 2.24) is 4.90 Å². The second-order valence-electron chi connectivity index (χ2n) is 13.0. The number of halogens is 4. The Balaban J connectivity index is 1.01. The van der Waals surface area contributed by atoms with Crippen LogP contribution in [0.4, 0.5) is 23.2 Å². The van der Waals surface area contributed by atoms with E-state index in [-0.39, 0.29) is 18.3 Å². The summed E-state index contributed by atoms with van der Waals surface area (Å²) in [5, 5.41) is 10.0. The highest BCUT2D eigenvalue weighted by molar-refractivity contribution is 7.98. The minimum Gasteiger partial charge on any atom is -0.508 e. The highest BCUT2D eigenvalue weighted by Gasteiger charge is 2.38. The van der Waals surface area contributed by atoms with Crippen molar-refractivity contribution >= 4 is 17.4 Å². The largest absolute Gasteiger partial charge is 0.508 e. The fourth-order valence-corrected chi connectivity index (χ4v) is 7.80. The Morgan fingerprint density at radius 1 is 0.880 bits per heavy atom. The van der Waals surface area contributed by atoms with Gasteiger partial charge in [0, 0.05) is 60.2 Å². The number of benzene rings is 4. The first-order chi connectivity index (χ1) is 24.1. The Bertz CT molecular complexity index is 1740. The molecular formula is C40H44F4N2O3S. The molecule has 1 N–H and O–H groups in total. The molecule has 0 amide bonds. The summed E-state index contributed by atoms with van der Waals surface area (Å²) in [4.78, 5) is 6.41. The third-order valence-corrected chi connectivity index (χ3v) is 10.7. The van der Waals surface area contributed by atoms with Gasteiger partial charge in [-0.05, 0) is 104 Å². The first-order valence-electron chi connectivity index (χ1n) is 17.3. The van der Waals surface area contributed by atoms with Crippen molar-refractivity contribution in [3.8, 4) is 17.2 Å². The zero-order valence-electron chi connectivity index (χ0n) is 28.5. The molecule has 4 aromatic carbocycles. The molecule has 10 heteroatoms. The second kappa shape index (κ2) is 16.0. The summed E-state index contributed by atoms with van der Waals surface area (Å²) < 4.78 is 66.9. The standard InChI is InChI=1S/C40H44F4N2O3S/c1-3-27-23-30(10-16-38(27)50-2)46-20-18-45(19-21-46)17-5-4-6-22-48-32-12-7-28(8-13-32)39-33-14-11-31(47)25-37(33)49-26-34(39)29-9-15-36(41)35(24-29)40(42,43)44/h7-16,23-25,34,39,47H,3-6,17-22,26H2,1-2H3. The molecule has 2 heterocycles. The summed E-state index contributed by atoms with van der Waals surface area (Å²) in [7, 11) is 0. The monoisotopic (exact) mass is 708 g/mol. The van der Waals surface area contributed by atoms with Crippen LogP contribution in [0.25, 0.3) is 0 Å². The van der Waals surface area contributed by atoms with Crippen molar-refractivity contribution in [2.24, 2.45) is 0 Å². The number of aryl methyl sites for hydroxylation is 1. The van der Waals surface area contributed by atoms with E-state index in [0.29, 0.717) is 17.9 Å².